The van der Waals surface area contributed by atoms with Gasteiger partial charge in [0.1, 0.15) is 18.1 Å². The summed E-state index contributed by atoms with van der Waals surface area (Å²) in [6, 6.07) is -5.00. The molecule has 5 unspecified atom stereocenters. The van der Waals surface area contributed by atoms with Crippen LogP contribution < -0.4 is 33.2 Å². The van der Waals surface area contributed by atoms with Crippen molar-refractivity contribution in [1.82, 2.24) is 25.9 Å². The lowest BCUT2D eigenvalue weighted by Crippen LogP contribution is -2.60. The second-order valence-corrected chi connectivity index (χ2v) is 8.07. The van der Waals surface area contributed by atoms with Gasteiger partial charge in [-0.05, 0) is 19.8 Å². The van der Waals surface area contributed by atoms with Gasteiger partial charge in [0, 0.05) is 30.6 Å². The Bertz CT molecular complexity index is 876. The van der Waals surface area contributed by atoms with E-state index in [0.29, 0.717) is 5.69 Å². The molecule has 0 aliphatic rings. The van der Waals surface area contributed by atoms with Gasteiger partial charge in [-0.2, -0.15) is 12.6 Å². The van der Waals surface area contributed by atoms with Gasteiger partial charge in [0.15, 0.2) is 5.96 Å². The molecule has 1 aromatic heterocycles. The Labute approximate surface area is 207 Å². The molecule has 0 radical (unpaired) electrons. The topological polar surface area (TPSA) is 264 Å². The van der Waals surface area contributed by atoms with Gasteiger partial charge in [0.05, 0.1) is 18.5 Å². The lowest BCUT2D eigenvalue weighted by molar-refractivity contribution is -0.141. The van der Waals surface area contributed by atoms with Crippen molar-refractivity contribution in [2.24, 2.45) is 22.2 Å². The summed E-state index contributed by atoms with van der Waals surface area (Å²) in [5, 5.41) is 26.3. The molecule has 0 saturated heterocycles. The molecule has 196 valence electrons. The molecule has 3 amide bonds. The number of thiol groups is 1. The van der Waals surface area contributed by atoms with Crippen LogP contribution in [-0.4, -0.2) is 92.4 Å². The fourth-order valence-electron chi connectivity index (χ4n) is 2.88. The highest BCUT2D eigenvalue weighted by Crippen LogP contribution is 2.04. The molecular formula is C19H33N9O6S. The van der Waals surface area contributed by atoms with Gasteiger partial charge in [-0.15, -0.1) is 0 Å². The van der Waals surface area contributed by atoms with Crippen LogP contribution in [0, 0.1) is 0 Å². The van der Waals surface area contributed by atoms with Crippen LogP contribution in [0.25, 0.3) is 0 Å². The first-order chi connectivity index (χ1) is 16.5. The number of imidazole rings is 1. The maximum Gasteiger partial charge on any atom is 0.327 e. The highest BCUT2D eigenvalue weighted by molar-refractivity contribution is 7.80. The summed E-state index contributed by atoms with van der Waals surface area (Å²) < 4.78 is 0. The number of rotatable bonds is 15. The van der Waals surface area contributed by atoms with Gasteiger partial charge in [0.25, 0.3) is 0 Å². The number of nitrogens with two attached hydrogens (primary N) is 3. The second kappa shape index (κ2) is 14.8. The Morgan fingerprint density at radius 2 is 1.80 bits per heavy atom. The minimum absolute atomic E-state index is 0.0348. The molecule has 16 heteroatoms. The van der Waals surface area contributed by atoms with Crippen LogP contribution in [0.2, 0.25) is 0 Å². The molecule has 1 aromatic rings. The average molecular weight is 516 g/mol. The van der Waals surface area contributed by atoms with Crippen LogP contribution in [0.3, 0.4) is 0 Å². The summed E-state index contributed by atoms with van der Waals surface area (Å²) in [6.07, 6.45) is 1.98. The summed E-state index contributed by atoms with van der Waals surface area (Å²) >= 11 is 3.90. The Balaban J connectivity index is 2.91. The number of nitrogens with zero attached hydrogens (tertiary/aromatic N) is 2. The zero-order valence-electron chi connectivity index (χ0n) is 19.2. The van der Waals surface area contributed by atoms with Crippen molar-refractivity contribution in [3.63, 3.8) is 0 Å². The zero-order chi connectivity index (χ0) is 26.5. The number of hydrogen-bond donors (Lipinski definition) is 10. The van der Waals surface area contributed by atoms with Crippen LogP contribution in [0.5, 0.6) is 0 Å². The second-order valence-electron chi connectivity index (χ2n) is 7.71. The average Bonchev–Trinajstić information content (AvgIpc) is 3.29. The number of aliphatic imine (C=N–C) groups is 1. The van der Waals surface area contributed by atoms with Crippen molar-refractivity contribution in [3.8, 4) is 0 Å². The lowest BCUT2D eigenvalue weighted by atomic mass is 10.1. The van der Waals surface area contributed by atoms with Gasteiger partial charge in [-0.3, -0.25) is 19.4 Å². The van der Waals surface area contributed by atoms with E-state index in [1.54, 1.807) is 0 Å². The number of aliphatic hydroxyl groups excluding tert-OH is 1. The largest absolute Gasteiger partial charge is 0.480 e. The third-order valence-electron chi connectivity index (χ3n) is 4.77. The van der Waals surface area contributed by atoms with Gasteiger partial charge in [-0.1, -0.05) is 0 Å². The van der Waals surface area contributed by atoms with Crippen molar-refractivity contribution in [1.29, 1.82) is 0 Å². The molecule has 0 aliphatic carbocycles. The third-order valence-corrected chi connectivity index (χ3v) is 5.13. The number of H-pyrrole nitrogens is 1. The fourth-order valence-corrected chi connectivity index (χ4v) is 3.13. The van der Waals surface area contributed by atoms with E-state index >= 15 is 0 Å². The summed E-state index contributed by atoms with van der Waals surface area (Å²) in [5.74, 6) is -4.02. The smallest absolute Gasteiger partial charge is 0.327 e. The van der Waals surface area contributed by atoms with E-state index in [0.717, 1.165) is 0 Å². The zero-order valence-corrected chi connectivity index (χ0v) is 20.1. The number of guanidine groups is 1. The molecule has 12 N–H and O–H groups in total. The molecule has 1 heterocycles. The van der Waals surface area contributed by atoms with Crippen LogP contribution in [-0.2, 0) is 25.6 Å². The maximum atomic E-state index is 12.9. The SMILES string of the molecule is CC(O)C(NC(=O)C(N)Cc1cnc[nH]1)C(=O)NC(CCCN=C(N)N)C(=O)NC(CS)C(=O)O. The quantitative estimate of drug-likeness (QED) is 0.0470. The van der Waals surface area contributed by atoms with Gasteiger partial charge in [-0.25, -0.2) is 9.78 Å². The molecule has 0 bridgehead atoms. The van der Waals surface area contributed by atoms with Crippen molar-refractivity contribution in [2.75, 3.05) is 12.3 Å². The summed E-state index contributed by atoms with van der Waals surface area (Å²) in [5.41, 5.74) is 17.0. The Hall–Kier alpha value is -3.37. The van der Waals surface area contributed by atoms with E-state index in [2.05, 4.69) is 43.5 Å². The van der Waals surface area contributed by atoms with Crippen molar-refractivity contribution >= 4 is 42.3 Å². The van der Waals surface area contributed by atoms with Crippen LogP contribution in [0.1, 0.15) is 25.5 Å². The predicted octanol–water partition coefficient (Wildman–Crippen LogP) is -3.82. The summed E-state index contributed by atoms with van der Waals surface area (Å²) in [4.78, 5) is 59.7. The Morgan fingerprint density at radius 3 is 2.31 bits per heavy atom. The number of nitrogens with one attached hydrogen (secondary N) is 4. The normalized spacial score (nSPS) is 15.1. The van der Waals surface area contributed by atoms with Crippen LogP contribution in [0.15, 0.2) is 17.5 Å². The molecule has 0 saturated carbocycles. The van der Waals surface area contributed by atoms with Gasteiger partial charge in [0.2, 0.25) is 17.7 Å². The summed E-state index contributed by atoms with van der Waals surface area (Å²) in [6.45, 7) is 1.43. The number of aromatic nitrogens is 2. The molecule has 0 fully saturated rings. The molecule has 0 aromatic carbocycles. The monoisotopic (exact) mass is 515 g/mol. The minimum Gasteiger partial charge on any atom is -0.480 e. The highest BCUT2D eigenvalue weighted by atomic mass is 32.1. The first kappa shape index (κ1) is 29.7. The number of aliphatic hydroxyl groups is 1. The lowest BCUT2D eigenvalue weighted by Gasteiger charge is -2.26. The third kappa shape index (κ3) is 10.6. The van der Waals surface area contributed by atoms with Gasteiger partial charge >= 0.3 is 5.97 Å². The van der Waals surface area contributed by atoms with E-state index in [1.165, 1.54) is 19.4 Å². The number of aromatic amines is 1. The number of carbonyl (C=O) groups excluding carboxylic acids is 3. The molecule has 5 atom stereocenters. The number of amides is 3. The van der Waals surface area contributed by atoms with Crippen LogP contribution in [0.4, 0.5) is 0 Å². The van der Waals surface area contributed by atoms with E-state index in [4.69, 9.17) is 22.3 Å². The van der Waals surface area contributed by atoms with Crippen molar-refractivity contribution in [3.05, 3.63) is 18.2 Å². The molecule has 0 spiro atoms. The molecule has 15 nitrogen and oxygen atoms in total. The van der Waals surface area contributed by atoms with Crippen molar-refractivity contribution < 1.29 is 29.4 Å². The standard InChI is InChI=1S/C19H33N9O6S/c1-9(29)14(28-15(30)11(20)5-10-6-23-8-25-10)17(32)26-12(3-2-4-24-19(21)22)16(31)27-13(7-35)18(33)34/h6,8-9,11-14,29,35H,2-5,7,20H2,1H3,(H,23,25)(H,26,32)(H,27,31)(H,28,30)(H,33,34)(H4,21,22,24). The first-order valence-corrected chi connectivity index (χ1v) is 11.3. The van der Waals surface area contributed by atoms with E-state index in [-0.39, 0.29) is 37.5 Å². The van der Waals surface area contributed by atoms with Crippen molar-refractivity contribution in [2.45, 2.75) is 56.5 Å². The fraction of sp³-hybridized carbons (Fsp3) is 0.579. The minimum atomic E-state index is -1.44. The first-order valence-electron chi connectivity index (χ1n) is 10.7. The summed E-state index contributed by atoms with van der Waals surface area (Å²) in [7, 11) is 0. The number of aliphatic carboxylic acids is 1. The number of carboxylic acid groups (broad SMARTS) is 1. The molecule has 0 aliphatic heterocycles. The molecule has 1 rings (SSSR count). The number of carbonyl (C=O) groups is 4. The Kier molecular flexibility index (Phi) is 12.5. The Morgan fingerprint density at radius 1 is 1.14 bits per heavy atom. The number of carboxylic acids is 1. The maximum absolute atomic E-state index is 12.9. The molecule has 35 heavy (non-hydrogen) atoms. The van der Waals surface area contributed by atoms with Crippen LogP contribution >= 0.6 is 12.6 Å². The van der Waals surface area contributed by atoms with Gasteiger partial charge < -0.3 is 48.3 Å². The predicted molar refractivity (Wildman–Crippen MR) is 129 cm³/mol. The number of hydrogen-bond acceptors (Lipinski definition) is 9. The highest BCUT2D eigenvalue weighted by Gasteiger charge is 2.32. The van der Waals surface area contributed by atoms with E-state index < -0.39 is 54.0 Å². The van der Waals surface area contributed by atoms with E-state index in [1.807, 2.05) is 0 Å². The molecular weight excluding hydrogens is 482 g/mol. The van der Waals surface area contributed by atoms with E-state index in [9.17, 15) is 24.3 Å².